The summed E-state index contributed by atoms with van der Waals surface area (Å²) < 4.78 is 0. The molecule has 0 aliphatic heterocycles. The molecule has 0 aromatic carbocycles. The van der Waals surface area contributed by atoms with Crippen molar-refractivity contribution < 1.29 is 5.11 Å². The highest BCUT2D eigenvalue weighted by Gasteiger charge is 2.34. The first-order valence-corrected chi connectivity index (χ1v) is 9.00. The lowest BCUT2D eigenvalue weighted by atomic mass is 9.70. The molecule has 0 spiro atoms. The lowest BCUT2D eigenvalue weighted by Crippen LogP contribution is -2.46. The van der Waals surface area contributed by atoms with E-state index in [0.29, 0.717) is 18.1 Å². The molecule has 1 aliphatic rings. The maximum absolute atomic E-state index is 8.86. The van der Waals surface area contributed by atoms with Crippen LogP contribution in [0.15, 0.2) is 0 Å². The molecule has 0 aromatic heterocycles. The van der Waals surface area contributed by atoms with Crippen molar-refractivity contribution in [1.82, 2.24) is 10.2 Å². The van der Waals surface area contributed by atoms with Crippen molar-refractivity contribution in [2.24, 2.45) is 11.3 Å². The van der Waals surface area contributed by atoms with Gasteiger partial charge in [0.05, 0.1) is 0 Å². The van der Waals surface area contributed by atoms with Crippen LogP contribution in [0.5, 0.6) is 0 Å². The Balaban J connectivity index is 2.44. The number of hydrogen-bond donors (Lipinski definition) is 2. The molecule has 1 saturated carbocycles. The molecular formula is C18H38N2O. The van der Waals surface area contributed by atoms with Gasteiger partial charge in [-0.3, -0.25) is 0 Å². The molecule has 1 rings (SSSR count). The number of hydrogen-bond acceptors (Lipinski definition) is 3. The van der Waals surface area contributed by atoms with Gasteiger partial charge in [-0.25, -0.2) is 0 Å². The molecule has 0 bridgehead atoms. The van der Waals surface area contributed by atoms with E-state index >= 15 is 0 Å². The summed E-state index contributed by atoms with van der Waals surface area (Å²) in [5.41, 5.74) is 0.475. The van der Waals surface area contributed by atoms with Crippen LogP contribution in [0, 0.1) is 11.3 Å². The van der Waals surface area contributed by atoms with Crippen molar-refractivity contribution in [1.29, 1.82) is 0 Å². The lowest BCUT2D eigenvalue weighted by Gasteiger charge is -2.42. The van der Waals surface area contributed by atoms with Crippen LogP contribution in [0.3, 0.4) is 0 Å². The molecule has 0 saturated heterocycles. The Morgan fingerprint density at radius 1 is 1.19 bits per heavy atom. The van der Waals surface area contributed by atoms with Crippen LogP contribution in [-0.2, 0) is 0 Å². The summed E-state index contributed by atoms with van der Waals surface area (Å²) in [7, 11) is 2.27. The average Bonchev–Trinajstić information content (AvgIpc) is 2.45. The van der Waals surface area contributed by atoms with Crippen LogP contribution < -0.4 is 5.32 Å². The molecule has 2 N–H and O–H groups in total. The maximum atomic E-state index is 8.86. The van der Waals surface area contributed by atoms with Crippen LogP contribution >= 0.6 is 0 Å². The summed E-state index contributed by atoms with van der Waals surface area (Å²) in [6.07, 6.45) is 8.82. The van der Waals surface area contributed by atoms with Gasteiger partial charge in [0.15, 0.2) is 0 Å². The zero-order chi connectivity index (χ0) is 15.7. The van der Waals surface area contributed by atoms with E-state index < -0.39 is 0 Å². The van der Waals surface area contributed by atoms with Crippen molar-refractivity contribution in [2.45, 2.75) is 71.8 Å². The third-order valence-electron chi connectivity index (χ3n) is 5.02. The first kappa shape index (κ1) is 18.9. The number of rotatable bonds is 10. The summed E-state index contributed by atoms with van der Waals surface area (Å²) in [6, 6.07) is 0.580. The van der Waals surface area contributed by atoms with Gasteiger partial charge in [-0.2, -0.15) is 0 Å². The van der Waals surface area contributed by atoms with E-state index in [1.807, 2.05) is 0 Å². The van der Waals surface area contributed by atoms with Crippen LogP contribution in [0.4, 0.5) is 0 Å². The molecule has 126 valence electrons. The molecule has 0 amide bonds. The highest BCUT2D eigenvalue weighted by molar-refractivity contribution is 4.89. The Labute approximate surface area is 132 Å². The molecule has 0 radical (unpaired) electrons. The largest absolute Gasteiger partial charge is 0.396 e. The molecule has 3 heteroatoms. The van der Waals surface area contributed by atoms with Gasteiger partial charge < -0.3 is 15.3 Å². The second kappa shape index (κ2) is 9.81. The third-order valence-corrected chi connectivity index (χ3v) is 5.02. The van der Waals surface area contributed by atoms with E-state index in [1.165, 1.54) is 51.7 Å². The van der Waals surface area contributed by atoms with Crippen molar-refractivity contribution in [3.63, 3.8) is 0 Å². The number of aliphatic hydroxyl groups is 1. The Morgan fingerprint density at radius 3 is 2.43 bits per heavy atom. The van der Waals surface area contributed by atoms with Gasteiger partial charge in [-0.05, 0) is 57.0 Å². The second-order valence-corrected chi connectivity index (χ2v) is 7.74. The summed E-state index contributed by atoms with van der Waals surface area (Å²) in [6.45, 7) is 10.8. The Kier molecular flexibility index (Phi) is 8.84. The second-order valence-electron chi connectivity index (χ2n) is 7.74. The van der Waals surface area contributed by atoms with E-state index in [1.54, 1.807) is 0 Å². The van der Waals surface area contributed by atoms with Gasteiger partial charge in [0.2, 0.25) is 0 Å². The molecule has 1 fully saturated rings. The average molecular weight is 299 g/mol. The van der Waals surface area contributed by atoms with E-state index in [4.69, 9.17) is 5.11 Å². The fraction of sp³-hybridized carbons (Fsp3) is 1.00. The zero-order valence-electron chi connectivity index (χ0n) is 14.8. The van der Waals surface area contributed by atoms with Crippen LogP contribution in [0.2, 0.25) is 0 Å². The van der Waals surface area contributed by atoms with Gasteiger partial charge >= 0.3 is 0 Å². The Hall–Kier alpha value is -0.120. The number of aliphatic hydroxyl groups excluding tert-OH is 1. The fourth-order valence-electron chi connectivity index (χ4n) is 3.51. The molecule has 0 atom stereocenters. The summed E-state index contributed by atoms with van der Waals surface area (Å²) >= 11 is 0. The fourth-order valence-corrected chi connectivity index (χ4v) is 3.51. The summed E-state index contributed by atoms with van der Waals surface area (Å²) in [4.78, 5) is 2.52. The number of unbranched alkanes of at least 4 members (excludes halogenated alkanes) is 2. The zero-order valence-corrected chi connectivity index (χ0v) is 14.8. The molecule has 3 nitrogen and oxygen atoms in total. The Morgan fingerprint density at radius 2 is 1.86 bits per heavy atom. The van der Waals surface area contributed by atoms with E-state index in [9.17, 15) is 0 Å². The highest BCUT2D eigenvalue weighted by Crippen LogP contribution is 2.39. The van der Waals surface area contributed by atoms with Crippen molar-refractivity contribution >= 4 is 0 Å². The molecule has 21 heavy (non-hydrogen) atoms. The third kappa shape index (κ3) is 7.62. The van der Waals surface area contributed by atoms with E-state index in [2.05, 4.69) is 38.0 Å². The molecule has 0 aromatic rings. The monoisotopic (exact) mass is 298 g/mol. The maximum Gasteiger partial charge on any atom is 0.0431 e. The van der Waals surface area contributed by atoms with Gasteiger partial charge in [-0.15, -0.1) is 0 Å². The molecular weight excluding hydrogens is 260 g/mol. The SMILES string of the molecule is CC1CCC(CNC(C)C)(CN(C)CCCCCO)CC1. The summed E-state index contributed by atoms with van der Waals surface area (Å²) in [5.74, 6) is 0.909. The smallest absolute Gasteiger partial charge is 0.0431 e. The first-order chi connectivity index (χ1) is 9.97. The van der Waals surface area contributed by atoms with Crippen LogP contribution in [0.25, 0.3) is 0 Å². The van der Waals surface area contributed by atoms with Gasteiger partial charge in [-0.1, -0.05) is 33.6 Å². The van der Waals surface area contributed by atoms with Gasteiger partial charge in [0.25, 0.3) is 0 Å². The summed E-state index contributed by atoms with van der Waals surface area (Å²) in [5, 5.41) is 12.6. The van der Waals surface area contributed by atoms with E-state index in [0.717, 1.165) is 18.8 Å². The topological polar surface area (TPSA) is 35.5 Å². The predicted octanol–water partition coefficient (Wildman–Crippen LogP) is 3.28. The van der Waals surface area contributed by atoms with Crippen molar-refractivity contribution in [3.8, 4) is 0 Å². The molecule has 0 heterocycles. The first-order valence-electron chi connectivity index (χ1n) is 9.00. The normalized spacial score (nSPS) is 26.7. The van der Waals surface area contributed by atoms with Crippen LogP contribution in [-0.4, -0.2) is 49.3 Å². The predicted molar refractivity (Wildman–Crippen MR) is 91.6 cm³/mol. The number of nitrogens with one attached hydrogen (secondary N) is 1. The quantitative estimate of drug-likeness (QED) is 0.608. The number of nitrogens with zero attached hydrogens (tertiary/aromatic N) is 1. The Bertz CT molecular complexity index is 260. The van der Waals surface area contributed by atoms with Crippen molar-refractivity contribution in [3.05, 3.63) is 0 Å². The minimum atomic E-state index is 0.337. The van der Waals surface area contributed by atoms with Gasteiger partial charge in [0, 0.05) is 25.7 Å². The standard InChI is InChI=1S/C18H38N2O/c1-16(2)19-14-18(10-8-17(3)9-11-18)15-20(4)12-6-5-7-13-21/h16-17,19,21H,5-15H2,1-4H3. The minimum absolute atomic E-state index is 0.337. The van der Waals surface area contributed by atoms with Gasteiger partial charge in [0.1, 0.15) is 0 Å². The molecule has 1 aliphatic carbocycles. The van der Waals surface area contributed by atoms with Crippen molar-refractivity contribution in [2.75, 3.05) is 33.3 Å². The van der Waals surface area contributed by atoms with E-state index in [-0.39, 0.29) is 0 Å². The van der Waals surface area contributed by atoms with Crippen LogP contribution in [0.1, 0.15) is 65.7 Å². The minimum Gasteiger partial charge on any atom is -0.396 e. The molecule has 0 unspecified atom stereocenters. The lowest BCUT2D eigenvalue weighted by molar-refractivity contribution is 0.0956. The highest BCUT2D eigenvalue weighted by atomic mass is 16.2.